The molecule has 5 nitrogen and oxygen atoms in total. The summed E-state index contributed by atoms with van der Waals surface area (Å²) in [5, 5.41) is 0. The number of fused-ring (bicyclic) bond motifs is 1. The topological polar surface area (TPSA) is 79.3 Å². The van der Waals surface area contributed by atoms with Crippen LogP contribution in [0.5, 0.6) is 0 Å². The molecule has 3 unspecified atom stereocenters. The molecule has 76 valence electrons. The van der Waals surface area contributed by atoms with Crippen molar-refractivity contribution in [2.24, 2.45) is 0 Å². The first-order valence-electron chi connectivity index (χ1n) is 4.44. The normalized spacial score (nSPS) is 39.4. The summed E-state index contributed by atoms with van der Waals surface area (Å²) >= 11 is 0. The van der Waals surface area contributed by atoms with Gasteiger partial charge in [-0.2, -0.15) is 0 Å². The van der Waals surface area contributed by atoms with Gasteiger partial charge < -0.3 is 14.5 Å². The van der Waals surface area contributed by atoms with Crippen LogP contribution in [0.4, 0.5) is 0 Å². The van der Waals surface area contributed by atoms with Crippen molar-refractivity contribution in [1.29, 1.82) is 0 Å². The predicted octanol–water partition coefficient (Wildman–Crippen LogP) is 0.806. The number of hydrogen-bond donors (Lipinski definition) is 2. The van der Waals surface area contributed by atoms with Crippen molar-refractivity contribution in [3.63, 3.8) is 0 Å². The zero-order valence-electron chi connectivity index (χ0n) is 7.13. The van der Waals surface area contributed by atoms with E-state index in [4.69, 9.17) is 14.5 Å². The van der Waals surface area contributed by atoms with Gasteiger partial charge >= 0.3 is 7.82 Å². The van der Waals surface area contributed by atoms with Crippen LogP contribution in [-0.2, 0) is 13.8 Å². The zero-order chi connectivity index (χ0) is 9.47. The molecule has 0 aromatic heterocycles. The molecule has 6 heteroatoms. The lowest BCUT2D eigenvalue weighted by atomic mass is 10.1. The standard InChI is InChI=1S/C7H13O5P/c8-13(9,10)12-5-2-1-3-6-7(4-5)11-6/h5-7H,1-4H2,(H2,8,9,10). The highest BCUT2D eigenvalue weighted by Gasteiger charge is 2.43. The Labute approximate surface area is 76.3 Å². The van der Waals surface area contributed by atoms with Crippen LogP contribution in [0.2, 0.25) is 0 Å². The van der Waals surface area contributed by atoms with E-state index in [0.717, 1.165) is 19.3 Å². The maximum atomic E-state index is 10.6. The second-order valence-corrected chi connectivity index (χ2v) is 4.79. The first kappa shape index (κ1) is 9.62. The minimum atomic E-state index is -4.32. The molecule has 2 rings (SSSR count). The average Bonchev–Trinajstić information content (AvgIpc) is 2.60. The van der Waals surface area contributed by atoms with E-state index in [-0.39, 0.29) is 12.2 Å². The molecule has 0 spiro atoms. The van der Waals surface area contributed by atoms with Crippen LogP contribution in [0.25, 0.3) is 0 Å². The van der Waals surface area contributed by atoms with Crippen molar-refractivity contribution < 1.29 is 23.6 Å². The molecule has 1 saturated heterocycles. The summed E-state index contributed by atoms with van der Waals surface area (Å²) in [7, 11) is -4.32. The average molecular weight is 208 g/mol. The van der Waals surface area contributed by atoms with Gasteiger partial charge in [0.15, 0.2) is 0 Å². The summed E-state index contributed by atoms with van der Waals surface area (Å²) in [5.74, 6) is 0. The summed E-state index contributed by atoms with van der Waals surface area (Å²) in [6, 6.07) is 0. The van der Waals surface area contributed by atoms with Gasteiger partial charge in [0, 0.05) is 6.42 Å². The molecule has 2 fully saturated rings. The van der Waals surface area contributed by atoms with Crippen molar-refractivity contribution >= 4 is 7.82 Å². The summed E-state index contributed by atoms with van der Waals surface area (Å²) < 4.78 is 20.5. The molecule has 0 amide bonds. The Hall–Kier alpha value is 0.0700. The second-order valence-electron chi connectivity index (χ2n) is 3.60. The highest BCUT2D eigenvalue weighted by atomic mass is 31.2. The maximum Gasteiger partial charge on any atom is 0.469 e. The molecule has 2 N–H and O–H groups in total. The highest BCUT2D eigenvalue weighted by molar-refractivity contribution is 7.46. The maximum absolute atomic E-state index is 10.6. The number of ether oxygens (including phenoxy) is 1. The van der Waals surface area contributed by atoms with Crippen LogP contribution in [0.15, 0.2) is 0 Å². The van der Waals surface area contributed by atoms with E-state index in [1.54, 1.807) is 0 Å². The van der Waals surface area contributed by atoms with Crippen molar-refractivity contribution in [2.75, 3.05) is 0 Å². The lowest BCUT2D eigenvalue weighted by Gasteiger charge is -2.15. The Morgan fingerprint density at radius 2 is 2.08 bits per heavy atom. The van der Waals surface area contributed by atoms with E-state index in [1.165, 1.54) is 0 Å². The Balaban J connectivity index is 1.88. The molecule has 1 heterocycles. The summed E-state index contributed by atoms with van der Waals surface area (Å²) in [4.78, 5) is 17.2. The Morgan fingerprint density at radius 3 is 2.77 bits per heavy atom. The second kappa shape index (κ2) is 3.33. The van der Waals surface area contributed by atoms with Gasteiger partial charge in [-0.1, -0.05) is 0 Å². The van der Waals surface area contributed by atoms with Gasteiger partial charge in [0.05, 0.1) is 18.3 Å². The third-order valence-corrected chi connectivity index (χ3v) is 3.06. The lowest BCUT2D eigenvalue weighted by molar-refractivity contribution is 0.110. The van der Waals surface area contributed by atoms with Gasteiger partial charge in [-0.25, -0.2) is 4.57 Å². The molecule has 13 heavy (non-hydrogen) atoms. The fourth-order valence-electron chi connectivity index (χ4n) is 1.85. The fraction of sp³-hybridized carbons (Fsp3) is 1.00. The molecule has 2 aliphatic rings. The van der Waals surface area contributed by atoms with E-state index < -0.39 is 7.82 Å². The van der Waals surface area contributed by atoms with Gasteiger partial charge in [0.1, 0.15) is 0 Å². The van der Waals surface area contributed by atoms with Crippen LogP contribution in [0, 0.1) is 0 Å². The molecule has 0 radical (unpaired) electrons. The minimum absolute atomic E-state index is 0.180. The van der Waals surface area contributed by atoms with Crippen LogP contribution in [-0.4, -0.2) is 28.1 Å². The van der Waals surface area contributed by atoms with E-state index in [2.05, 4.69) is 4.52 Å². The molecule has 3 atom stereocenters. The molecular weight excluding hydrogens is 195 g/mol. The van der Waals surface area contributed by atoms with Gasteiger partial charge in [-0.05, 0) is 19.3 Å². The number of rotatable bonds is 2. The van der Waals surface area contributed by atoms with E-state index in [1.807, 2.05) is 0 Å². The van der Waals surface area contributed by atoms with Crippen LogP contribution in [0.1, 0.15) is 25.7 Å². The molecule has 0 aromatic carbocycles. The molecule has 1 aliphatic heterocycles. The van der Waals surface area contributed by atoms with E-state index >= 15 is 0 Å². The molecule has 0 bridgehead atoms. The molecule has 0 aromatic rings. The van der Waals surface area contributed by atoms with Gasteiger partial charge in [0.2, 0.25) is 0 Å². The molecular formula is C7H13O5P. The fourth-order valence-corrected chi connectivity index (χ4v) is 2.43. The first-order chi connectivity index (χ1) is 6.04. The number of phosphoric ester groups is 1. The predicted molar refractivity (Wildman–Crippen MR) is 44.0 cm³/mol. The van der Waals surface area contributed by atoms with Gasteiger partial charge in [0.25, 0.3) is 0 Å². The monoisotopic (exact) mass is 208 g/mol. The van der Waals surface area contributed by atoms with Gasteiger partial charge in [-0.3, -0.25) is 4.52 Å². The number of epoxide rings is 1. The summed E-state index contributed by atoms with van der Waals surface area (Å²) in [6.07, 6.45) is 3.43. The van der Waals surface area contributed by atoms with Crippen molar-refractivity contribution in [3.8, 4) is 0 Å². The zero-order valence-corrected chi connectivity index (χ0v) is 8.02. The summed E-state index contributed by atoms with van der Waals surface area (Å²) in [6.45, 7) is 0. The van der Waals surface area contributed by atoms with Crippen molar-refractivity contribution in [3.05, 3.63) is 0 Å². The first-order valence-corrected chi connectivity index (χ1v) is 5.97. The van der Waals surface area contributed by atoms with Crippen LogP contribution < -0.4 is 0 Å². The SMILES string of the molecule is O=P(O)(O)OC1CCCC2OC2C1. The Bertz CT molecular complexity index is 237. The number of hydrogen-bond acceptors (Lipinski definition) is 3. The third kappa shape index (κ3) is 2.76. The van der Waals surface area contributed by atoms with Crippen molar-refractivity contribution in [1.82, 2.24) is 0 Å². The Morgan fingerprint density at radius 1 is 1.31 bits per heavy atom. The largest absolute Gasteiger partial charge is 0.469 e. The van der Waals surface area contributed by atoms with Gasteiger partial charge in [-0.15, -0.1) is 0 Å². The molecule has 1 aliphatic carbocycles. The lowest BCUT2D eigenvalue weighted by Crippen LogP contribution is -2.12. The quantitative estimate of drug-likeness (QED) is 0.518. The summed E-state index contributed by atoms with van der Waals surface area (Å²) in [5.41, 5.74) is 0. The smallest absolute Gasteiger partial charge is 0.369 e. The molecule has 1 saturated carbocycles. The minimum Gasteiger partial charge on any atom is -0.369 e. The highest BCUT2D eigenvalue weighted by Crippen LogP contribution is 2.43. The third-order valence-electron chi connectivity index (χ3n) is 2.48. The Kier molecular flexibility index (Phi) is 2.47. The van der Waals surface area contributed by atoms with Crippen LogP contribution in [0.3, 0.4) is 0 Å². The number of phosphoric acid groups is 1. The van der Waals surface area contributed by atoms with Crippen LogP contribution >= 0.6 is 7.82 Å². The van der Waals surface area contributed by atoms with E-state index in [9.17, 15) is 4.57 Å². The van der Waals surface area contributed by atoms with Crippen molar-refractivity contribution in [2.45, 2.75) is 44.0 Å². The van der Waals surface area contributed by atoms with E-state index in [0.29, 0.717) is 12.5 Å².